The molecule has 5 rings (SSSR count). The molecule has 0 spiro atoms. The zero-order chi connectivity index (χ0) is 23.0. The van der Waals surface area contributed by atoms with E-state index in [0.717, 1.165) is 50.3 Å². The number of pyridine rings is 1. The van der Waals surface area contributed by atoms with E-state index in [1.54, 1.807) is 15.6 Å². The minimum Gasteiger partial charge on any atom is -0.301 e. The molecule has 2 aliphatic heterocycles. The molecule has 0 bridgehead atoms. The van der Waals surface area contributed by atoms with E-state index < -0.39 is 12.0 Å². The van der Waals surface area contributed by atoms with Gasteiger partial charge in [-0.3, -0.25) is 19.9 Å². The van der Waals surface area contributed by atoms with E-state index in [0.29, 0.717) is 31.0 Å². The summed E-state index contributed by atoms with van der Waals surface area (Å²) in [5.41, 5.74) is 2.68. The van der Waals surface area contributed by atoms with Gasteiger partial charge in [0, 0.05) is 71.3 Å². The van der Waals surface area contributed by atoms with Crippen molar-refractivity contribution in [2.24, 2.45) is 5.92 Å². The number of hydrogen-bond acceptors (Lipinski definition) is 5. The number of imide groups is 1. The van der Waals surface area contributed by atoms with Crippen LogP contribution in [-0.2, 0) is 11.3 Å². The highest BCUT2D eigenvalue weighted by molar-refractivity contribution is 6.07. The lowest BCUT2D eigenvalue weighted by atomic mass is 9.86. The van der Waals surface area contributed by atoms with Crippen LogP contribution < -0.4 is 10.2 Å². The fourth-order valence-corrected chi connectivity index (χ4v) is 5.15. The minimum atomic E-state index is -2.46. The zero-order valence-corrected chi connectivity index (χ0v) is 18.7. The van der Waals surface area contributed by atoms with Gasteiger partial charge in [-0.15, -0.1) is 0 Å². The average molecular weight is 461 g/mol. The van der Waals surface area contributed by atoms with Crippen LogP contribution in [0.2, 0.25) is 0 Å². The summed E-state index contributed by atoms with van der Waals surface area (Å²) in [6.45, 7) is 5.86. The highest BCUT2D eigenvalue weighted by atomic mass is 19.3. The molecule has 0 radical (unpaired) electrons. The average Bonchev–Trinajstić information content (AvgIpc) is 3.20. The number of piperazine rings is 1. The van der Waals surface area contributed by atoms with Crippen molar-refractivity contribution in [3.05, 3.63) is 30.1 Å². The van der Waals surface area contributed by atoms with Gasteiger partial charge in [-0.2, -0.15) is 5.10 Å². The van der Waals surface area contributed by atoms with Crippen molar-refractivity contribution in [1.82, 2.24) is 24.7 Å². The number of urea groups is 1. The smallest absolute Gasteiger partial charge is 0.301 e. The largest absolute Gasteiger partial charge is 0.328 e. The third kappa shape index (κ3) is 5.01. The van der Waals surface area contributed by atoms with Crippen molar-refractivity contribution in [3.8, 4) is 0 Å². The van der Waals surface area contributed by atoms with Crippen LogP contribution in [0.15, 0.2) is 24.5 Å². The third-order valence-corrected chi connectivity index (χ3v) is 7.13. The van der Waals surface area contributed by atoms with E-state index in [2.05, 4.69) is 26.3 Å². The van der Waals surface area contributed by atoms with E-state index in [4.69, 9.17) is 0 Å². The Kier molecular flexibility index (Phi) is 6.05. The van der Waals surface area contributed by atoms with Gasteiger partial charge in [0.1, 0.15) is 0 Å². The van der Waals surface area contributed by atoms with E-state index in [-0.39, 0.29) is 25.2 Å². The van der Waals surface area contributed by atoms with Crippen LogP contribution in [0.5, 0.6) is 0 Å². The van der Waals surface area contributed by atoms with Gasteiger partial charge >= 0.3 is 6.03 Å². The summed E-state index contributed by atoms with van der Waals surface area (Å²) in [4.78, 5) is 30.1. The summed E-state index contributed by atoms with van der Waals surface area (Å²) in [7, 11) is 0. The number of nitrogens with one attached hydrogen (secondary N) is 1. The van der Waals surface area contributed by atoms with Crippen molar-refractivity contribution in [2.75, 3.05) is 44.2 Å². The van der Waals surface area contributed by atoms with Crippen LogP contribution in [0, 0.1) is 5.92 Å². The molecule has 1 saturated carbocycles. The predicted molar refractivity (Wildman–Crippen MR) is 119 cm³/mol. The maximum Gasteiger partial charge on any atom is 0.328 e. The number of halogens is 2. The fraction of sp³-hybridized carbons (Fsp3) is 0.609. The monoisotopic (exact) mass is 460 g/mol. The van der Waals surface area contributed by atoms with Gasteiger partial charge in [-0.1, -0.05) is 0 Å². The minimum absolute atomic E-state index is 0.0338. The summed E-state index contributed by atoms with van der Waals surface area (Å²) in [6.07, 6.45) is 5.16. The first-order valence-corrected chi connectivity index (χ1v) is 11.8. The molecular weight excluding hydrogens is 430 g/mol. The number of carbonyl (C=O) groups excluding carboxylic acids is 2. The highest BCUT2D eigenvalue weighted by Crippen LogP contribution is 2.36. The molecule has 8 nitrogen and oxygen atoms in total. The molecule has 33 heavy (non-hydrogen) atoms. The number of carbonyl (C=O) groups is 2. The fourth-order valence-electron chi connectivity index (χ4n) is 5.15. The molecule has 3 aliphatic rings. The quantitative estimate of drug-likeness (QED) is 0.743. The number of fused-ring (bicyclic) bond motifs is 1. The molecule has 2 aromatic heterocycles. The molecule has 2 saturated heterocycles. The number of alkyl halides is 2. The predicted octanol–water partition coefficient (Wildman–Crippen LogP) is 2.72. The first kappa shape index (κ1) is 22.2. The molecule has 10 heteroatoms. The Bertz CT molecular complexity index is 1020. The van der Waals surface area contributed by atoms with Crippen molar-refractivity contribution < 1.29 is 18.4 Å². The first-order chi connectivity index (χ1) is 15.9. The van der Waals surface area contributed by atoms with Crippen molar-refractivity contribution in [2.45, 2.75) is 44.6 Å². The van der Waals surface area contributed by atoms with E-state index in [1.807, 2.05) is 12.3 Å². The molecule has 3 fully saturated rings. The Morgan fingerprint density at radius 2 is 1.79 bits per heavy atom. The van der Waals surface area contributed by atoms with Gasteiger partial charge in [0.25, 0.3) is 0 Å². The number of aromatic nitrogens is 2. The molecule has 0 aromatic carbocycles. The normalized spacial score (nSPS) is 23.3. The second kappa shape index (κ2) is 8.98. The van der Waals surface area contributed by atoms with Crippen LogP contribution in [0.1, 0.15) is 37.7 Å². The maximum atomic E-state index is 13.4. The van der Waals surface area contributed by atoms with Crippen LogP contribution in [0.25, 0.3) is 5.52 Å². The molecule has 3 amide bonds. The van der Waals surface area contributed by atoms with E-state index in [1.165, 1.54) is 0 Å². The zero-order valence-electron chi connectivity index (χ0n) is 18.7. The van der Waals surface area contributed by atoms with Crippen molar-refractivity contribution in [1.29, 1.82) is 0 Å². The Morgan fingerprint density at radius 1 is 1.06 bits per heavy atom. The summed E-state index contributed by atoms with van der Waals surface area (Å²) in [5, 5.41) is 6.71. The lowest BCUT2D eigenvalue weighted by Gasteiger charge is -2.38. The number of hydrogen-bond donors (Lipinski definition) is 1. The van der Waals surface area contributed by atoms with Crippen LogP contribution in [0.4, 0.5) is 19.3 Å². The first-order valence-electron chi connectivity index (χ1n) is 11.8. The molecule has 1 N–H and O–H groups in total. The summed E-state index contributed by atoms with van der Waals surface area (Å²) < 4.78 is 28.5. The maximum absolute atomic E-state index is 13.4. The third-order valence-electron chi connectivity index (χ3n) is 7.13. The number of amides is 3. The Balaban J connectivity index is 1.17. The molecule has 0 atom stereocenters. The SMILES string of the molecule is O=C1CCN(c2cnn3ccc(CN4CCN(CC5CCC(F)(F)CC5)CC4)cc23)C(=O)N1. The summed E-state index contributed by atoms with van der Waals surface area (Å²) >= 11 is 0. The lowest BCUT2D eigenvalue weighted by molar-refractivity contribution is -0.120. The molecular formula is C23H30F2N6O2. The van der Waals surface area contributed by atoms with Crippen LogP contribution in [-0.4, -0.2) is 76.5 Å². The summed E-state index contributed by atoms with van der Waals surface area (Å²) in [5.74, 6) is -2.32. The van der Waals surface area contributed by atoms with Gasteiger partial charge in [-0.05, 0) is 36.5 Å². The van der Waals surface area contributed by atoms with Gasteiger partial charge in [0.05, 0.1) is 17.4 Å². The molecule has 1 aliphatic carbocycles. The summed E-state index contributed by atoms with van der Waals surface area (Å²) in [6, 6.07) is 3.68. The van der Waals surface area contributed by atoms with Crippen molar-refractivity contribution >= 4 is 23.1 Å². The topological polar surface area (TPSA) is 73.2 Å². The Labute approximate surface area is 191 Å². The van der Waals surface area contributed by atoms with Gasteiger partial charge in [-0.25, -0.2) is 18.1 Å². The molecule has 178 valence electrons. The Morgan fingerprint density at radius 3 is 2.52 bits per heavy atom. The number of rotatable bonds is 5. The standard InChI is InChI=1S/C23H30F2N6O2/c24-23(25)5-1-17(2-6-23)15-28-9-11-29(12-10-28)16-18-3-8-31-19(13-18)20(14-26-31)30-7-4-21(32)27-22(30)33/h3,8,13-14,17H,1-2,4-7,9-12,15-16H2,(H,27,32,33). The van der Waals surface area contributed by atoms with Crippen molar-refractivity contribution in [3.63, 3.8) is 0 Å². The molecule has 0 unspecified atom stereocenters. The second-order valence-corrected chi connectivity index (χ2v) is 9.53. The highest BCUT2D eigenvalue weighted by Gasteiger charge is 2.35. The molecule has 4 heterocycles. The number of nitrogens with zero attached hydrogens (tertiary/aromatic N) is 5. The van der Waals surface area contributed by atoms with E-state index in [9.17, 15) is 18.4 Å². The van der Waals surface area contributed by atoms with Gasteiger partial charge < -0.3 is 4.90 Å². The van der Waals surface area contributed by atoms with E-state index >= 15 is 0 Å². The molecule has 2 aromatic rings. The second-order valence-electron chi connectivity index (χ2n) is 9.53. The Hall–Kier alpha value is -2.59. The lowest BCUT2D eigenvalue weighted by Crippen LogP contribution is -2.49. The van der Waals surface area contributed by atoms with Crippen LogP contribution >= 0.6 is 0 Å². The van der Waals surface area contributed by atoms with Gasteiger partial charge in [0.15, 0.2) is 0 Å². The number of anilines is 1. The van der Waals surface area contributed by atoms with Gasteiger partial charge in [0.2, 0.25) is 11.8 Å². The van der Waals surface area contributed by atoms with Crippen LogP contribution in [0.3, 0.4) is 0 Å².